The van der Waals surface area contributed by atoms with E-state index in [0.29, 0.717) is 23.4 Å². The number of thiazole rings is 1. The molecule has 1 aromatic heterocycles. The molecule has 2 heterocycles. The lowest BCUT2D eigenvalue weighted by atomic mass is 10.1. The average Bonchev–Trinajstić information content (AvgIpc) is 3.04. The van der Waals surface area contributed by atoms with Gasteiger partial charge in [-0.3, -0.25) is 9.36 Å². The Morgan fingerprint density at radius 1 is 1.46 bits per heavy atom. The highest BCUT2D eigenvalue weighted by molar-refractivity contribution is 9.10. The molecule has 1 aromatic carbocycles. The van der Waals surface area contributed by atoms with Gasteiger partial charge in [-0.25, -0.2) is 9.79 Å². The fraction of sp³-hybridized carbons (Fsp3) is 0.294. The number of carboxylic acid groups (broad SMARTS) is 1. The van der Waals surface area contributed by atoms with E-state index in [0.717, 1.165) is 22.2 Å². The van der Waals surface area contributed by atoms with Crippen LogP contribution in [0.3, 0.4) is 0 Å². The number of hydrogen-bond donors (Lipinski definition) is 2. The lowest BCUT2D eigenvalue weighted by Gasteiger charge is -2.14. The van der Waals surface area contributed by atoms with E-state index in [-0.39, 0.29) is 20.3 Å². The summed E-state index contributed by atoms with van der Waals surface area (Å²) in [5.74, 6) is -1.84. The number of fused-ring (bicyclic) bond motifs is 1. The molecule has 0 fully saturated rings. The predicted octanol–water partition coefficient (Wildman–Crippen LogP) is 2.92. The lowest BCUT2D eigenvalue weighted by Crippen LogP contribution is -2.23. The molecule has 6 nitrogen and oxygen atoms in total. The molecular formula is C17H15BrN2O4S2. The van der Waals surface area contributed by atoms with Gasteiger partial charge in [-0.1, -0.05) is 35.7 Å². The van der Waals surface area contributed by atoms with Crippen molar-refractivity contribution >= 4 is 56.9 Å². The first-order chi connectivity index (χ1) is 12.3. The van der Waals surface area contributed by atoms with Crippen molar-refractivity contribution in [3.63, 3.8) is 0 Å². The van der Waals surface area contributed by atoms with Crippen molar-refractivity contribution in [1.82, 2.24) is 4.57 Å². The van der Waals surface area contributed by atoms with Crippen LogP contribution in [-0.2, 0) is 9.59 Å². The fourth-order valence-electron chi connectivity index (χ4n) is 2.88. The number of halogens is 1. The number of rotatable bonds is 6. The van der Waals surface area contributed by atoms with E-state index in [1.54, 1.807) is 18.2 Å². The van der Waals surface area contributed by atoms with E-state index in [1.165, 1.54) is 4.57 Å². The molecule has 0 radical (unpaired) electrons. The van der Waals surface area contributed by atoms with Crippen LogP contribution >= 0.6 is 39.5 Å². The van der Waals surface area contributed by atoms with Crippen LogP contribution in [0.15, 0.2) is 27.7 Å². The van der Waals surface area contributed by atoms with E-state index in [1.807, 2.05) is 6.92 Å². The van der Waals surface area contributed by atoms with Crippen LogP contribution in [0.4, 0.5) is 0 Å². The lowest BCUT2D eigenvalue weighted by molar-refractivity contribution is -0.141. The zero-order chi connectivity index (χ0) is 19.0. The summed E-state index contributed by atoms with van der Waals surface area (Å²) in [4.78, 5) is 28.3. The van der Waals surface area contributed by atoms with Crippen LogP contribution in [-0.4, -0.2) is 26.7 Å². The predicted molar refractivity (Wildman–Crippen MR) is 103 cm³/mol. The van der Waals surface area contributed by atoms with Crippen LogP contribution in [0, 0.1) is 3.95 Å². The normalized spacial score (nSPS) is 14.2. The molecule has 0 spiro atoms. The molecule has 2 aromatic rings. The topological polar surface area (TPSA) is 91.9 Å². The molecule has 0 bridgehead atoms. The average molecular weight is 455 g/mol. The summed E-state index contributed by atoms with van der Waals surface area (Å²) in [6.45, 7) is 1.96. The number of hydrogen-bond acceptors (Lipinski definition) is 5. The van der Waals surface area contributed by atoms with Crippen molar-refractivity contribution in [3.05, 3.63) is 42.1 Å². The summed E-state index contributed by atoms with van der Waals surface area (Å²) in [5.41, 5.74) is 0.244. The fourth-order valence-corrected chi connectivity index (χ4v) is 4.68. The standard InChI is InChI=1S/C17H15BrN2O4S2/c1-2-3-4-11(16(23)24)20-15(22)13(26-17(20)25)12-9-7-8(18)5-6-10(9)19-14(12)21/h5-7,11,22H,2-4H2,1H3,(H,23,24)/t11-/m1/s1. The van der Waals surface area contributed by atoms with Gasteiger partial charge in [-0.05, 0) is 36.8 Å². The summed E-state index contributed by atoms with van der Waals surface area (Å²) < 4.78 is 2.21. The van der Waals surface area contributed by atoms with Gasteiger partial charge in [0.1, 0.15) is 10.9 Å². The highest BCUT2D eigenvalue weighted by atomic mass is 79.9. The molecule has 1 atom stereocenters. The van der Waals surface area contributed by atoms with E-state index < -0.39 is 17.9 Å². The van der Waals surface area contributed by atoms with Gasteiger partial charge < -0.3 is 10.2 Å². The number of unbranched alkanes of at least 4 members (excludes halogenated alkanes) is 1. The van der Waals surface area contributed by atoms with Crippen molar-refractivity contribution in [2.45, 2.75) is 32.2 Å². The maximum Gasteiger partial charge on any atom is 0.326 e. The number of benzene rings is 1. The van der Waals surface area contributed by atoms with Crippen molar-refractivity contribution in [2.24, 2.45) is 4.99 Å². The Balaban J connectivity index is 2.22. The smallest absolute Gasteiger partial charge is 0.326 e. The summed E-state index contributed by atoms with van der Waals surface area (Å²) >= 11 is 9.69. The summed E-state index contributed by atoms with van der Waals surface area (Å²) in [7, 11) is 0. The molecule has 0 saturated heterocycles. The number of carbonyl (C=O) groups excluding carboxylic acids is 1. The van der Waals surface area contributed by atoms with Crippen molar-refractivity contribution in [1.29, 1.82) is 0 Å². The Hall–Kier alpha value is -1.84. The van der Waals surface area contributed by atoms with Crippen LogP contribution in [0.5, 0.6) is 5.88 Å². The molecule has 2 N–H and O–H groups in total. The van der Waals surface area contributed by atoms with Gasteiger partial charge in [0.25, 0.3) is 5.91 Å². The second-order valence-electron chi connectivity index (χ2n) is 5.84. The Bertz CT molecular complexity index is 1090. The molecule has 1 aliphatic heterocycles. The van der Waals surface area contributed by atoms with Crippen molar-refractivity contribution < 1.29 is 19.8 Å². The molecular weight excluding hydrogens is 440 g/mol. The summed E-state index contributed by atoms with van der Waals surface area (Å²) in [6.07, 6.45) is 1.86. The monoisotopic (exact) mass is 454 g/mol. The van der Waals surface area contributed by atoms with Gasteiger partial charge in [0.2, 0.25) is 5.88 Å². The van der Waals surface area contributed by atoms with Gasteiger partial charge >= 0.3 is 5.97 Å². The van der Waals surface area contributed by atoms with E-state index >= 15 is 0 Å². The Labute approximate surface area is 166 Å². The van der Waals surface area contributed by atoms with Crippen molar-refractivity contribution in [3.8, 4) is 5.88 Å². The largest absolute Gasteiger partial charge is 0.493 e. The first-order valence-electron chi connectivity index (χ1n) is 7.95. The van der Waals surface area contributed by atoms with E-state index in [9.17, 15) is 19.8 Å². The summed E-state index contributed by atoms with van der Waals surface area (Å²) in [6, 6.07) is 4.26. The molecule has 26 heavy (non-hydrogen) atoms. The third-order valence-electron chi connectivity index (χ3n) is 4.14. The SMILES string of the molecule is CCCC[C@H](C(=O)O)n1c(O)c(C2=c3cc(Br)ccc3=NC2=O)sc1=S. The van der Waals surface area contributed by atoms with Gasteiger partial charge in [-0.2, -0.15) is 0 Å². The number of aromatic hydroxyl groups is 1. The summed E-state index contributed by atoms with van der Waals surface area (Å²) in [5, 5.41) is 21.4. The third kappa shape index (κ3) is 3.26. The van der Waals surface area contributed by atoms with Gasteiger partial charge in [-0.15, -0.1) is 11.3 Å². The zero-order valence-corrected chi connectivity index (χ0v) is 16.9. The number of carboxylic acids is 1. The van der Waals surface area contributed by atoms with Crippen LogP contribution < -0.4 is 10.6 Å². The van der Waals surface area contributed by atoms with E-state index in [2.05, 4.69) is 20.9 Å². The minimum Gasteiger partial charge on any atom is -0.493 e. The van der Waals surface area contributed by atoms with Crippen molar-refractivity contribution in [2.75, 3.05) is 0 Å². The van der Waals surface area contributed by atoms with Gasteiger partial charge in [0.15, 0.2) is 3.95 Å². The third-order valence-corrected chi connectivity index (χ3v) is 6.04. The second-order valence-corrected chi connectivity index (χ2v) is 8.40. The molecule has 0 unspecified atom stereocenters. The maximum atomic E-state index is 12.4. The van der Waals surface area contributed by atoms with Gasteiger partial charge in [0, 0.05) is 9.69 Å². The molecule has 9 heteroatoms. The van der Waals surface area contributed by atoms with Gasteiger partial charge in [0.05, 0.1) is 10.9 Å². The number of aromatic nitrogens is 1. The maximum absolute atomic E-state index is 12.4. The van der Waals surface area contributed by atoms with Crippen LogP contribution in [0.2, 0.25) is 0 Å². The minimum atomic E-state index is -1.07. The Kier molecular flexibility index (Phi) is 5.40. The molecule has 0 aliphatic carbocycles. The number of nitrogens with zero attached hydrogens (tertiary/aromatic N) is 2. The molecule has 136 valence electrons. The number of amides is 1. The van der Waals surface area contributed by atoms with Crippen LogP contribution in [0.1, 0.15) is 37.1 Å². The highest BCUT2D eigenvalue weighted by Crippen LogP contribution is 2.36. The van der Waals surface area contributed by atoms with Crippen LogP contribution in [0.25, 0.3) is 5.57 Å². The minimum absolute atomic E-state index is 0.213. The number of carbonyl (C=O) groups is 2. The molecule has 0 saturated carbocycles. The zero-order valence-electron chi connectivity index (χ0n) is 13.7. The Morgan fingerprint density at radius 2 is 2.19 bits per heavy atom. The molecule has 3 rings (SSSR count). The van der Waals surface area contributed by atoms with E-state index in [4.69, 9.17) is 12.2 Å². The highest BCUT2D eigenvalue weighted by Gasteiger charge is 2.30. The quantitative estimate of drug-likeness (QED) is 0.654. The molecule has 1 aliphatic rings. The first-order valence-corrected chi connectivity index (χ1v) is 9.97. The second kappa shape index (κ2) is 7.42. The Morgan fingerprint density at radius 3 is 2.85 bits per heavy atom. The first kappa shape index (κ1) is 18.9. The molecule has 1 amide bonds. The number of aliphatic carboxylic acids is 1.